The number of hydrogen-bond acceptors (Lipinski definition) is 3. The first kappa shape index (κ1) is 14.7. The Morgan fingerprint density at radius 3 is 2.58 bits per heavy atom. The minimum absolute atomic E-state index is 0.0510. The topological polar surface area (TPSA) is 62.3 Å². The van der Waals surface area contributed by atoms with E-state index < -0.39 is 11.6 Å². The molecule has 1 saturated carbocycles. The summed E-state index contributed by atoms with van der Waals surface area (Å²) in [6.45, 7) is 0.0510. The summed E-state index contributed by atoms with van der Waals surface area (Å²) in [7, 11) is 0. The first-order valence-electron chi connectivity index (χ1n) is 7.56. The molecule has 4 rings (SSSR count). The Morgan fingerprint density at radius 1 is 1.12 bits per heavy atom. The summed E-state index contributed by atoms with van der Waals surface area (Å²) in [5.74, 6) is -1.95. The van der Waals surface area contributed by atoms with Crippen molar-refractivity contribution in [2.45, 2.75) is 18.4 Å². The van der Waals surface area contributed by atoms with Gasteiger partial charge in [-0.2, -0.15) is 0 Å². The molecule has 0 bridgehead atoms. The van der Waals surface area contributed by atoms with E-state index >= 15 is 0 Å². The Balaban J connectivity index is 1.52. The van der Waals surface area contributed by atoms with Crippen LogP contribution in [-0.4, -0.2) is 34.4 Å². The van der Waals surface area contributed by atoms with Crippen LogP contribution in [0.5, 0.6) is 0 Å². The Kier molecular flexibility index (Phi) is 3.30. The monoisotopic (exact) mass is 329 g/mol. The van der Waals surface area contributed by atoms with Gasteiger partial charge in [0.1, 0.15) is 0 Å². The summed E-state index contributed by atoms with van der Waals surface area (Å²) in [4.78, 5) is 28.9. The molecule has 7 heteroatoms. The van der Waals surface area contributed by atoms with Gasteiger partial charge in [-0.25, -0.2) is 13.6 Å². The number of hydrogen-bond donors (Lipinski definition) is 1. The van der Waals surface area contributed by atoms with Crippen LogP contribution < -0.4 is 5.32 Å². The highest BCUT2D eigenvalue weighted by atomic mass is 19.2. The lowest BCUT2D eigenvalue weighted by Gasteiger charge is -2.12. The number of halogens is 2. The molecule has 0 spiro atoms. The number of nitrogens with one attached hydrogen (secondary N) is 1. The summed E-state index contributed by atoms with van der Waals surface area (Å²) >= 11 is 0. The summed E-state index contributed by atoms with van der Waals surface area (Å²) < 4.78 is 26.3. The highest BCUT2D eigenvalue weighted by Gasteiger charge is 2.49. The molecule has 2 heterocycles. The molecule has 2 aliphatic rings. The van der Waals surface area contributed by atoms with Gasteiger partial charge < -0.3 is 5.32 Å². The third-order valence-corrected chi connectivity index (χ3v) is 4.40. The summed E-state index contributed by atoms with van der Waals surface area (Å²) in [5.41, 5.74) is 1.94. The Labute approximate surface area is 136 Å². The van der Waals surface area contributed by atoms with E-state index in [1.54, 1.807) is 12.3 Å². The molecule has 1 saturated heterocycles. The summed E-state index contributed by atoms with van der Waals surface area (Å²) in [6, 6.07) is 6.72. The third-order valence-electron chi connectivity index (χ3n) is 4.40. The fourth-order valence-electron chi connectivity index (χ4n) is 3.05. The highest BCUT2D eigenvalue weighted by molar-refractivity contribution is 6.02. The Bertz CT molecular complexity index is 822. The van der Waals surface area contributed by atoms with Gasteiger partial charge in [-0.15, -0.1) is 0 Å². The van der Waals surface area contributed by atoms with E-state index in [1.807, 2.05) is 6.07 Å². The van der Waals surface area contributed by atoms with Crippen molar-refractivity contribution in [2.75, 3.05) is 6.54 Å². The molecule has 1 aromatic carbocycles. The molecule has 24 heavy (non-hydrogen) atoms. The zero-order chi connectivity index (χ0) is 16.8. The molecule has 0 unspecified atom stereocenters. The van der Waals surface area contributed by atoms with Crippen LogP contribution in [0.15, 0.2) is 36.5 Å². The molecule has 1 aromatic heterocycles. The van der Waals surface area contributed by atoms with Crippen LogP contribution in [0.25, 0.3) is 11.3 Å². The highest BCUT2D eigenvalue weighted by Crippen LogP contribution is 2.45. The minimum Gasteiger partial charge on any atom is -0.329 e. The van der Waals surface area contributed by atoms with Gasteiger partial charge in [-0.05, 0) is 36.2 Å². The van der Waals surface area contributed by atoms with Crippen LogP contribution in [0.3, 0.4) is 0 Å². The van der Waals surface area contributed by atoms with Crippen molar-refractivity contribution in [3.8, 4) is 11.3 Å². The van der Waals surface area contributed by atoms with Crippen molar-refractivity contribution in [1.82, 2.24) is 15.2 Å². The maximum atomic E-state index is 13.3. The number of urea groups is 1. The van der Waals surface area contributed by atoms with Gasteiger partial charge in [0, 0.05) is 23.7 Å². The first-order chi connectivity index (χ1) is 11.5. The van der Waals surface area contributed by atoms with Gasteiger partial charge in [0.15, 0.2) is 11.6 Å². The van der Waals surface area contributed by atoms with Gasteiger partial charge >= 0.3 is 6.03 Å². The fraction of sp³-hybridized carbons (Fsp3) is 0.235. The number of rotatable bonds is 3. The molecule has 1 aliphatic carbocycles. The molecule has 3 amide bonds. The van der Waals surface area contributed by atoms with Crippen molar-refractivity contribution in [2.24, 2.45) is 0 Å². The van der Waals surface area contributed by atoms with E-state index in [4.69, 9.17) is 0 Å². The molecule has 5 nitrogen and oxygen atoms in total. The van der Waals surface area contributed by atoms with E-state index in [-0.39, 0.29) is 30.4 Å². The molecule has 2 fully saturated rings. The SMILES string of the molecule is O=C1CNC(=O)N1[C@@H]1C[C@H]1c1ccc(-c2ccc(F)c(F)c2)nc1. The third kappa shape index (κ3) is 2.42. The van der Waals surface area contributed by atoms with E-state index in [9.17, 15) is 18.4 Å². The quantitative estimate of drug-likeness (QED) is 0.880. The van der Waals surface area contributed by atoms with Crippen molar-refractivity contribution < 1.29 is 18.4 Å². The summed E-state index contributed by atoms with van der Waals surface area (Å²) in [5, 5.41) is 2.51. The second-order valence-electron chi connectivity index (χ2n) is 5.94. The Hall–Kier alpha value is -2.83. The van der Waals surface area contributed by atoms with Crippen LogP contribution >= 0.6 is 0 Å². The Morgan fingerprint density at radius 2 is 1.96 bits per heavy atom. The second-order valence-corrected chi connectivity index (χ2v) is 5.94. The lowest BCUT2D eigenvalue weighted by Crippen LogP contribution is -2.33. The molecule has 2 aromatic rings. The van der Waals surface area contributed by atoms with Gasteiger partial charge in [-0.1, -0.05) is 6.07 Å². The number of imide groups is 1. The number of pyridine rings is 1. The number of aromatic nitrogens is 1. The number of carbonyl (C=O) groups excluding carboxylic acids is 2. The van der Waals surface area contributed by atoms with Crippen LogP contribution in [0.4, 0.5) is 13.6 Å². The average Bonchev–Trinajstić information content (AvgIpc) is 3.29. The molecule has 0 radical (unpaired) electrons. The van der Waals surface area contributed by atoms with Crippen LogP contribution in [0, 0.1) is 11.6 Å². The molecule has 2 atom stereocenters. The van der Waals surface area contributed by atoms with Gasteiger partial charge in [-0.3, -0.25) is 14.7 Å². The standard InChI is InChI=1S/C17H13F2N3O2/c18-12-3-1-9(5-13(12)19)14-4-2-10(7-20-14)11-6-15(11)22-16(23)8-21-17(22)24/h1-5,7,11,15H,6,8H2,(H,21,24)/t11-,15+/m0/s1. The van der Waals surface area contributed by atoms with E-state index in [0.29, 0.717) is 17.7 Å². The number of amides is 3. The van der Waals surface area contributed by atoms with Crippen molar-refractivity contribution in [1.29, 1.82) is 0 Å². The normalized spacial score (nSPS) is 22.7. The maximum absolute atomic E-state index is 13.3. The first-order valence-corrected chi connectivity index (χ1v) is 7.56. The average molecular weight is 329 g/mol. The molecule has 1 N–H and O–H groups in total. The van der Waals surface area contributed by atoms with E-state index in [2.05, 4.69) is 10.3 Å². The smallest absolute Gasteiger partial charge is 0.324 e. The maximum Gasteiger partial charge on any atom is 0.324 e. The number of nitrogens with zero attached hydrogens (tertiary/aromatic N) is 2. The summed E-state index contributed by atoms with van der Waals surface area (Å²) in [6.07, 6.45) is 2.37. The lowest BCUT2D eigenvalue weighted by atomic mass is 10.1. The van der Waals surface area contributed by atoms with Crippen molar-refractivity contribution >= 4 is 11.9 Å². The number of benzene rings is 1. The predicted molar refractivity (Wildman–Crippen MR) is 81.0 cm³/mol. The molecule has 122 valence electrons. The molecule has 1 aliphatic heterocycles. The minimum atomic E-state index is -0.917. The van der Waals surface area contributed by atoms with Gasteiger partial charge in [0.05, 0.1) is 12.2 Å². The van der Waals surface area contributed by atoms with Crippen LogP contribution in [0.2, 0.25) is 0 Å². The number of carbonyl (C=O) groups is 2. The van der Waals surface area contributed by atoms with E-state index in [1.165, 1.54) is 11.0 Å². The van der Waals surface area contributed by atoms with Crippen molar-refractivity contribution in [3.05, 3.63) is 53.7 Å². The molecular formula is C17H13F2N3O2. The van der Waals surface area contributed by atoms with E-state index in [0.717, 1.165) is 17.7 Å². The molecular weight excluding hydrogens is 316 g/mol. The lowest BCUT2D eigenvalue weighted by molar-refractivity contribution is -0.125. The largest absolute Gasteiger partial charge is 0.329 e. The second kappa shape index (κ2) is 5.36. The van der Waals surface area contributed by atoms with Crippen LogP contribution in [0.1, 0.15) is 17.9 Å². The zero-order valence-electron chi connectivity index (χ0n) is 12.5. The zero-order valence-corrected chi connectivity index (χ0v) is 12.5. The predicted octanol–water partition coefficient (Wildman–Crippen LogP) is 2.43. The van der Waals surface area contributed by atoms with Gasteiger partial charge in [0.2, 0.25) is 5.91 Å². The van der Waals surface area contributed by atoms with Crippen LogP contribution in [-0.2, 0) is 4.79 Å². The fourth-order valence-corrected chi connectivity index (χ4v) is 3.05. The van der Waals surface area contributed by atoms with Crippen molar-refractivity contribution in [3.63, 3.8) is 0 Å². The van der Waals surface area contributed by atoms with Gasteiger partial charge in [0.25, 0.3) is 0 Å².